The number of hydrogen-bond donors (Lipinski definition) is 2. The largest absolute Gasteiger partial charge is 0.338 e. The van der Waals surface area contributed by atoms with Gasteiger partial charge in [0.1, 0.15) is 0 Å². The van der Waals surface area contributed by atoms with Crippen LogP contribution < -0.4 is 10.5 Å². The molecule has 6 nitrogen and oxygen atoms in total. The number of hydrogen-bond acceptors (Lipinski definition) is 4. The van der Waals surface area contributed by atoms with Crippen LogP contribution in [0.15, 0.2) is 24.3 Å². The van der Waals surface area contributed by atoms with Gasteiger partial charge in [0, 0.05) is 30.9 Å². The van der Waals surface area contributed by atoms with Crippen molar-refractivity contribution in [2.45, 2.75) is 26.3 Å². The fourth-order valence-electron chi connectivity index (χ4n) is 1.78. The highest BCUT2D eigenvalue weighted by Gasteiger charge is 2.17. The Bertz CT molecular complexity index is 593. The van der Waals surface area contributed by atoms with E-state index >= 15 is 0 Å². The Balaban J connectivity index is 0.00000441. The third-order valence-corrected chi connectivity index (χ3v) is 4.67. The average molecular weight is 350 g/mol. The van der Waals surface area contributed by atoms with Gasteiger partial charge in [0.2, 0.25) is 10.0 Å². The number of sulfonamides is 1. The van der Waals surface area contributed by atoms with Crippen molar-refractivity contribution in [2.24, 2.45) is 5.73 Å². The molecule has 8 heteroatoms. The first-order chi connectivity index (χ1) is 9.80. The molecule has 0 heterocycles. The normalized spacial score (nSPS) is 12.2. The molecule has 0 bridgehead atoms. The molecular formula is C14H24ClN3O3S. The molecule has 0 aliphatic carbocycles. The molecule has 126 valence electrons. The van der Waals surface area contributed by atoms with Crippen molar-refractivity contribution in [1.29, 1.82) is 0 Å². The number of rotatable bonds is 7. The summed E-state index contributed by atoms with van der Waals surface area (Å²) in [7, 11) is -1.69. The number of amides is 1. The van der Waals surface area contributed by atoms with Crippen molar-refractivity contribution in [3.8, 4) is 0 Å². The van der Waals surface area contributed by atoms with Crippen LogP contribution in [-0.2, 0) is 10.0 Å². The van der Waals surface area contributed by atoms with E-state index in [-0.39, 0.29) is 30.1 Å². The lowest BCUT2D eigenvalue weighted by Gasteiger charge is -2.23. The summed E-state index contributed by atoms with van der Waals surface area (Å²) in [4.78, 5) is 13.8. The molecule has 0 saturated heterocycles. The van der Waals surface area contributed by atoms with Gasteiger partial charge in [-0.15, -0.1) is 12.4 Å². The van der Waals surface area contributed by atoms with Crippen molar-refractivity contribution in [1.82, 2.24) is 4.90 Å². The van der Waals surface area contributed by atoms with Gasteiger partial charge in [0.25, 0.3) is 5.91 Å². The molecule has 0 fully saturated rings. The van der Waals surface area contributed by atoms with Gasteiger partial charge in [0.05, 0.1) is 5.75 Å². The van der Waals surface area contributed by atoms with E-state index in [0.29, 0.717) is 24.2 Å². The van der Waals surface area contributed by atoms with E-state index in [1.807, 2.05) is 6.92 Å². The number of anilines is 1. The Morgan fingerprint density at radius 3 is 2.59 bits per heavy atom. The standard InChI is InChI=1S/C14H23N3O3S.ClH/c1-4-8-21(19,20)16-13-7-5-6-12(9-13)14(18)17(3)11(2)10-15;/h5-7,9,11,16H,4,8,10,15H2,1-3H3;1H. The van der Waals surface area contributed by atoms with Crippen LogP contribution in [0.2, 0.25) is 0 Å². The minimum atomic E-state index is -3.36. The minimum absolute atomic E-state index is 0. The lowest BCUT2D eigenvalue weighted by atomic mass is 10.1. The quantitative estimate of drug-likeness (QED) is 0.783. The Kier molecular flexibility index (Phi) is 8.44. The molecule has 1 amide bonds. The van der Waals surface area contributed by atoms with Crippen LogP contribution in [-0.4, -0.2) is 44.6 Å². The van der Waals surface area contributed by atoms with E-state index in [1.54, 1.807) is 37.1 Å². The monoisotopic (exact) mass is 349 g/mol. The first-order valence-electron chi connectivity index (χ1n) is 6.88. The number of nitrogens with zero attached hydrogens (tertiary/aromatic N) is 1. The van der Waals surface area contributed by atoms with Gasteiger partial charge in [-0.05, 0) is 31.5 Å². The van der Waals surface area contributed by atoms with Crippen LogP contribution in [0.3, 0.4) is 0 Å². The van der Waals surface area contributed by atoms with Crippen molar-refractivity contribution < 1.29 is 13.2 Å². The highest BCUT2D eigenvalue weighted by atomic mass is 35.5. The second-order valence-electron chi connectivity index (χ2n) is 5.00. The molecule has 1 rings (SSSR count). The van der Waals surface area contributed by atoms with E-state index in [0.717, 1.165) is 0 Å². The zero-order valence-electron chi connectivity index (χ0n) is 13.1. The highest BCUT2D eigenvalue weighted by Crippen LogP contribution is 2.15. The number of halogens is 1. The molecule has 0 saturated carbocycles. The summed E-state index contributed by atoms with van der Waals surface area (Å²) in [6.07, 6.45) is 0.532. The topological polar surface area (TPSA) is 92.5 Å². The van der Waals surface area contributed by atoms with Crippen LogP contribution in [0.25, 0.3) is 0 Å². The number of nitrogens with one attached hydrogen (secondary N) is 1. The van der Waals surface area contributed by atoms with Gasteiger partial charge in [0.15, 0.2) is 0 Å². The zero-order chi connectivity index (χ0) is 16.0. The van der Waals surface area contributed by atoms with Crippen LogP contribution in [0.4, 0.5) is 5.69 Å². The Morgan fingerprint density at radius 2 is 2.05 bits per heavy atom. The fourth-order valence-corrected chi connectivity index (χ4v) is 2.90. The lowest BCUT2D eigenvalue weighted by Crippen LogP contribution is -2.39. The van der Waals surface area contributed by atoms with Gasteiger partial charge in [-0.25, -0.2) is 8.42 Å². The van der Waals surface area contributed by atoms with Gasteiger partial charge >= 0.3 is 0 Å². The van der Waals surface area contributed by atoms with Crippen LogP contribution in [0, 0.1) is 0 Å². The Labute approximate surface area is 138 Å². The lowest BCUT2D eigenvalue weighted by molar-refractivity contribution is 0.0748. The molecular weight excluding hydrogens is 326 g/mol. The Hall–Kier alpha value is -1.31. The summed E-state index contributed by atoms with van der Waals surface area (Å²) in [5.41, 5.74) is 6.37. The molecule has 3 N–H and O–H groups in total. The van der Waals surface area contributed by atoms with Gasteiger partial charge in [-0.3, -0.25) is 9.52 Å². The molecule has 1 atom stereocenters. The number of likely N-dealkylation sites (N-methyl/N-ethyl adjacent to an activating group) is 1. The summed E-state index contributed by atoms with van der Waals surface area (Å²) < 4.78 is 26.0. The number of benzene rings is 1. The summed E-state index contributed by atoms with van der Waals surface area (Å²) in [5, 5.41) is 0. The van der Waals surface area contributed by atoms with Gasteiger partial charge in [-0.2, -0.15) is 0 Å². The van der Waals surface area contributed by atoms with Gasteiger partial charge in [-0.1, -0.05) is 13.0 Å². The maximum atomic E-state index is 12.3. The smallest absolute Gasteiger partial charge is 0.253 e. The minimum Gasteiger partial charge on any atom is -0.338 e. The Morgan fingerprint density at radius 1 is 1.41 bits per heavy atom. The van der Waals surface area contributed by atoms with Crippen molar-refractivity contribution in [3.05, 3.63) is 29.8 Å². The molecule has 1 unspecified atom stereocenters. The van der Waals surface area contributed by atoms with Crippen molar-refractivity contribution >= 4 is 34.0 Å². The van der Waals surface area contributed by atoms with Crippen molar-refractivity contribution in [2.75, 3.05) is 24.1 Å². The highest BCUT2D eigenvalue weighted by molar-refractivity contribution is 7.92. The summed E-state index contributed by atoms with van der Waals surface area (Å²) >= 11 is 0. The molecule has 0 radical (unpaired) electrons. The van der Waals surface area contributed by atoms with Crippen molar-refractivity contribution in [3.63, 3.8) is 0 Å². The third kappa shape index (κ3) is 5.82. The molecule has 0 aliphatic rings. The van der Waals surface area contributed by atoms with E-state index in [9.17, 15) is 13.2 Å². The van der Waals surface area contributed by atoms with Gasteiger partial charge < -0.3 is 10.6 Å². The molecule has 0 aliphatic heterocycles. The average Bonchev–Trinajstić information content (AvgIpc) is 2.44. The first kappa shape index (κ1) is 20.7. The maximum absolute atomic E-state index is 12.3. The molecule has 1 aromatic carbocycles. The predicted molar refractivity (Wildman–Crippen MR) is 92.0 cm³/mol. The van der Waals surface area contributed by atoms with E-state index in [4.69, 9.17) is 5.73 Å². The first-order valence-corrected chi connectivity index (χ1v) is 8.53. The van der Waals surface area contributed by atoms with E-state index in [1.165, 1.54) is 6.07 Å². The molecule has 0 aromatic heterocycles. The molecule has 1 aromatic rings. The SMILES string of the molecule is CCCS(=O)(=O)Nc1cccc(C(=O)N(C)C(C)CN)c1.Cl. The summed E-state index contributed by atoms with van der Waals surface area (Å²) in [6.45, 7) is 4.01. The predicted octanol–water partition coefficient (Wildman–Crippen LogP) is 1.68. The summed E-state index contributed by atoms with van der Waals surface area (Å²) in [5.74, 6) is -0.139. The molecule has 22 heavy (non-hydrogen) atoms. The second-order valence-corrected chi connectivity index (χ2v) is 6.84. The molecule has 0 spiro atoms. The zero-order valence-corrected chi connectivity index (χ0v) is 14.7. The number of carbonyl (C=O) groups is 1. The van der Waals surface area contributed by atoms with E-state index < -0.39 is 10.0 Å². The van der Waals surface area contributed by atoms with Crippen LogP contribution in [0.5, 0.6) is 0 Å². The fraction of sp³-hybridized carbons (Fsp3) is 0.500. The third-order valence-electron chi connectivity index (χ3n) is 3.18. The van der Waals surface area contributed by atoms with E-state index in [2.05, 4.69) is 4.72 Å². The second kappa shape index (κ2) is 8.97. The maximum Gasteiger partial charge on any atom is 0.253 e. The van der Waals surface area contributed by atoms with Crippen LogP contribution >= 0.6 is 12.4 Å². The number of carbonyl (C=O) groups excluding carboxylic acids is 1. The number of nitrogens with two attached hydrogens (primary N) is 1. The van der Waals surface area contributed by atoms with Crippen LogP contribution in [0.1, 0.15) is 30.6 Å². The summed E-state index contributed by atoms with van der Waals surface area (Å²) in [6, 6.07) is 6.38.